The predicted molar refractivity (Wildman–Crippen MR) is 92.4 cm³/mol. The summed E-state index contributed by atoms with van der Waals surface area (Å²) in [6.07, 6.45) is -2.96. The number of hydrogen-bond donors (Lipinski definition) is 1. The molecule has 0 aliphatic heterocycles. The first kappa shape index (κ1) is 18.0. The van der Waals surface area contributed by atoms with Gasteiger partial charge in [0, 0.05) is 17.3 Å². The van der Waals surface area contributed by atoms with Crippen LogP contribution >= 0.6 is 11.3 Å². The van der Waals surface area contributed by atoms with Crippen LogP contribution in [0.15, 0.2) is 23.7 Å². The minimum Gasteiger partial charge on any atom is -0.289 e. The van der Waals surface area contributed by atoms with Crippen molar-refractivity contribution in [1.29, 1.82) is 0 Å². The number of nitrogens with one attached hydrogen (secondary N) is 1. The summed E-state index contributed by atoms with van der Waals surface area (Å²) in [4.78, 5) is 20.6. The first-order valence-electron chi connectivity index (χ1n) is 7.82. The van der Waals surface area contributed by atoms with Gasteiger partial charge in [-0.2, -0.15) is 18.3 Å². The number of aromatic nitrogens is 7. The highest BCUT2D eigenvalue weighted by Crippen LogP contribution is 2.32. The quantitative estimate of drug-likeness (QED) is 0.559. The van der Waals surface area contributed by atoms with Gasteiger partial charge in [0.2, 0.25) is 11.1 Å². The molecule has 0 atom stereocenters. The normalized spacial score (nSPS) is 11.9. The standard InChI is InChI=1S/C15H11F3N8OS/c1-7-3-4-25-12(19-7)22-23-13(25)21-11(27)9-6-28-14(20-9)26-10(15(16,17)18)5-8(2)24-26/h3-6H,1-2H3,(H,21,23,27). The molecule has 1 amide bonds. The highest BCUT2D eigenvalue weighted by atomic mass is 32.1. The van der Waals surface area contributed by atoms with Crippen molar-refractivity contribution in [2.45, 2.75) is 20.0 Å². The van der Waals surface area contributed by atoms with Crippen molar-refractivity contribution in [1.82, 2.24) is 34.3 Å². The maximum Gasteiger partial charge on any atom is 0.433 e. The van der Waals surface area contributed by atoms with Gasteiger partial charge in [-0.1, -0.05) is 0 Å². The van der Waals surface area contributed by atoms with Gasteiger partial charge in [0.05, 0.1) is 5.69 Å². The number of fused-ring (bicyclic) bond motifs is 1. The van der Waals surface area contributed by atoms with Crippen molar-refractivity contribution in [2.75, 3.05) is 5.32 Å². The summed E-state index contributed by atoms with van der Waals surface area (Å²) in [6, 6.07) is 2.63. The van der Waals surface area contributed by atoms with E-state index in [-0.39, 0.29) is 22.5 Å². The smallest absolute Gasteiger partial charge is 0.289 e. The van der Waals surface area contributed by atoms with Gasteiger partial charge in [-0.3, -0.25) is 14.5 Å². The summed E-state index contributed by atoms with van der Waals surface area (Å²) in [7, 11) is 0. The van der Waals surface area contributed by atoms with Crippen LogP contribution in [0.2, 0.25) is 0 Å². The molecule has 0 spiro atoms. The lowest BCUT2D eigenvalue weighted by molar-refractivity contribution is -0.142. The monoisotopic (exact) mass is 408 g/mol. The van der Waals surface area contributed by atoms with Crippen molar-refractivity contribution < 1.29 is 18.0 Å². The third kappa shape index (κ3) is 3.19. The Morgan fingerprint density at radius 2 is 1.96 bits per heavy atom. The molecule has 4 rings (SSSR count). The Labute approximate surface area is 158 Å². The third-order valence-electron chi connectivity index (χ3n) is 3.67. The molecule has 0 fully saturated rings. The van der Waals surface area contributed by atoms with Crippen LogP contribution in [0.25, 0.3) is 10.9 Å². The zero-order chi connectivity index (χ0) is 20.1. The number of thiazole rings is 1. The van der Waals surface area contributed by atoms with Crippen molar-refractivity contribution in [3.05, 3.63) is 46.5 Å². The molecule has 0 aromatic carbocycles. The van der Waals surface area contributed by atoms with Crippen LogP contribution < -0.4 is 5.32 Å². The van der Waals surface area contributed by atoms with Crippen molar-refractivity contribution in [2.24, 2.45) is 0 Å². The molecule has 0 saturated heterocycles. The maximum absolute atomic E-state index is 13.2. The Morgan fingerprint density at radius 1 is 1.18 bits per heavy atom. The highest BCUT2D eigenvalue weighted by Gasteiger charge is 2.36. The van der Waals surface area contributed by atoms with Gasteiger partial charge in [0.15, 0.2) is 5.69 Å². The van der Waals surface area contributed by atoms with Crippen LogP contribution in [0.5, 0.6) is 0 Å². The van der Waals surface area contributed by atoms with Gasteiger partial charge in [-0.05, 0) is 26.0 Å². The van der Waals surface area contributed by atoms with E-state index in [2.05, 4.69) is 30.6 Å². The van der Waals surface area contributed by atoms with Gasteiger partial charge in [-0.15, -0.1) is 21.5 Å². The van der Waals surface area contributed by atoms with E-state index in [0.29, 0.717) is 10.5 Å². The summed E-state index contributed by atoms with van der Waals surface area (Å²) >= 11 is 0.866. The van der Waals surface area contributed by atoms with Crippen LogP contribution in [0.3, 0.4) is 0 Å². The number of nitrogens with zero attached hydrogens (tertiary/aromatic N) is 7. The summed E-state index contributed by atoms with van der Waals surface area (Å²) in [5.74, 6) is -0.223. The van der Waals surface area contributed by atoms with Crippen LogP contribution in [0.1, 0.15) is 27.6 Å². The molecule has 0 aliphatic rings. The van der Waals surface area contributed by atoms with E-state index < -0.39 is 17.8 Å². The molecule has 28 heavy (non-hydrogen) atoms. The molecular weight excluding hydrogens is 397 g/mol. The first-order valence-corrected chi connectivity index (χ1v) is 8.70. The van der Waals surface area contributed by atoms with Crippen LogP contribution in [0, 0.1) is 13.8 Å². The number of aryl methyl sites for hydroxylation is 2. The average Bonchev–Trinajstić information content (AvgIpc) is 3.32. The zero-order valence-electron chi connectivity index (χ0n) is 14.4. The summed E-state index contributed by atoms with van der Waals surface area (Å²) in [6.45, 7) is 3.23. The molecule has 4 aromatic heterocycles. The zero-order valence-corrected chi connectivity index (χ0v) is 15.2. The molecule has 1 N–H and O–H groups in total. The maximum atomic E-state index is 13.2. The number of amides is 1. The van der Waals surface area contributed by atoms with E-state index in [1.165, 1.54) is 16.7 Å². The molecular formula is C15H11F3N8OS. The Morgan fingerprint density at radius 3 is 2.71 bits per heavy atom. The second-order valence-electron chi connectivity index (χ2n) is 5.81. The van der Waals surface area contributed by atoms with E-state index >= 15 is 0 Å². The third-order valence-corrected chi connectivity index (χ3v) is 4.49. The van der Waals surface area contributed by atoms with Gasteiger partial charge in [0.1, 0.15) is 5.69 Å². The van der Waals surface area contributed by atoms with Gasteiger partial charge >= 0.3 is 6.18 Å². The Kier molecular flexibility index (Phi) is 4.10. The summed E-state index contributed by atoms with van der Waals surface area (Å²) < 4.78 is 41.6. The van der Waals surface area contributed by atoms with Crippen molar-refractivity contribution in [3.63, 3.8) is 0 Å². The van der Waals surface area contributed by atoms with Gasteiger partial charge in [0.25, 0.3) is 11.7 Å². The number of halogens is 3. The number of hydrogen-bond acceptors (Lipinski definition) is 7. The fourth-order valence-corrected chi connectivity index (χ4v) is 3.20. The summed E-state index contributed by atoms with van der Waals surface area (Å²) in [5.41, 5.74) is -0.113. The molecule has 0 bridgehead atoms. The minimum atomic E-state index is -4.60. The number of rotatable bonds is 3. The van der Waals surface area contributed by atoms with Gasteiger partial charge in [-0.25, -0.2) is 14.6 Å². The molecule has 0 aliphatic carbocycles. The molecule has 4 heterocycles. The molecule has 0 unspecified atom stereocenters. The van der Waals surface area contributed by atoms with E-state index in [1.54, 1.807) is 19.2 Å². The molecule has 0 saturated carbocycles. The summed E-state index contributed by atoms with van der Waals surface area (Å²) in [5, 5.41) is 15.3. The Bertz CT molecular complexity index is 1190. The Hall–Kier alpha value is -3.35. The van der Waals surface area contributed by atoms with E-state index in [1.807, 2.05) is 0 Å². The minimum absolute atomic E-state index is 0.0712. The fraction of sp³-hybridized carbons (Fsp3) is 0.200. The fourth-order valence-electron chi connectivity index (χ4n) is 2.44. The van der Waals surface area contributed by atoms with Crippen molar-refractivity contribution >= 4 is 29.0 Å². The SMILES string of the molecule is Cc1ccn2c(NC(=O)c3csc(-n4nc(C)cc4C(F)(F)F)n3)nnc2n1. The lowest BCUT2D eigenvalue weighted by atomic mass is 10.3. The molecule has 9 nitrogen and oxygen atoms in total. The van der Waals surface area contributed by atoms with Gasteiger partial charge < -0.3 is 0 Å². The number of carbonyl (C=O) groups is 1. The lowest BCUT2D eigenvalue weighted by Crippen LogP contribution is -2.16. The van der Waals surface area contributed by atoms with E-state index in [9.17, 15) is 18.0 Å². The molecule has 4 aromatic rings. The predicted octanol–water partition coefficient (Wildman–Crippen LogP) is 2.65. The van der Waals surface area contributed by atoms with Crippen LogP contribution in [-0.2, 0) is 6.18 Å². The number of anilines is 1. The lowest BCUT2D eigenvalue weighted by Gasteiger charge is -2.07. The second kappa shape index (κ2) is 6.37. The van der Waals surface area contributed by atoms with Crippen LogP contribution in [0.4, 0.5) is 19.1 Å². The van der Waals surface area contributed by atoms with E-state index in [0.717, 1.165) is 23.1 Å². The topological polar surface area (TPSA) is 103 Å². The molecule has 13 heteroatoms. The molecule has 0 radical (unpaired) electrons. The van der Waals surface area contributed by atoms with Crippen molar-refractivity contribution in [3.8, 4) is 5.13 Å². The molecule has 144 valence electrons. The number of alkyl halides is 3. The number of carbonyl (C=O) groups excluding carboxylic acids is 1. The second-order valence-corrected chi connectivity index (χ2v) is 6.65. The Balaban J connectivity index is 1.62. The largest absolute Gasteiger partial charge is 0.433 e. The average molecular weight is 408 g/mol. The van der Waals surface area contributed by atoms with E-state index in [4.69, 9.17) is 0 Å². The first-order chi connectivity index (χ1) is 13.2. The highest BCUT2D eigenvalue weighted by molar-refractivity contribution is 7.12. The van der Waals surface area contributed by atoms with Crippen LogP contribution in [-0.4, -0.2) is 40.3 Å².